The first kappa shape index (κ1) is 19.8. The zero-order valence-corrected chi connectivity index (χ0v) is 16.7. The van der Waals surface area contributed by atoms with Gasteiger partial charge in [0.05, 0.1) is 24.7 Å². The molecular weight excluding hydrogens is 348 g/mol. The predicted molar refractivity (Wildman–Crippen MR) is 112 cm³/mol. The molecule has 1 heterocycles. The van der Waals surface area contributed by atoms with Crippen LogP contribution in [-0.4, -0.2) is 39.6 Å². The molecule has 0 radical (unpaired) electrons. The van der Waals surface area contributed by atoms with Crippen molar-refractivity contribution in [1.29, 1.82) is 0 Å². The molecule has 1 atom stereocenters. The Bertz CT molecular complexity index is 832. The van der Waals surface area contributed by atoms with Crippen molar-refractivity contribution in [2.75, 3.05) is 13.1 Å². The van der Waals surface area contributed by atoms with Gasteiger partial charge >= 0.3 is 0 Å². The third kappa shape index (κ3) is 4.31. The molecule has 2 aromatic carbocycles. The molecule has 28 heavy (non-hydrogen) atoms. The average Bonchev–Trinajstić information content (AvgIpc) is 3.20. The van der Waals surface area contributed by atoms with Crippen LogP contribution in [0.5, 0.6) is 0 Å². The second-order valence-corrected chi connectivity index (χ2v) is 6.78. The number of carbonyl (C=O) groups is 1. The topological polar surface area (TPSA) is 50.2 Å². The Labute approximate surface area is 167 Å². The molecule has 0 aliphatic carbocycles. The van der Waals surface area contributed by atoms with E-state index in [4.69, 9.17) is 0 Å². The van der Waals surface area contributed by atoms with E-state index in [2.05, 4.69) is 53.3 Å². The first-order valence-electron chi connectivity index (χ1n) is 9.82. The number of aromatic nitrogens is 2. The van der Waals surface area contributed by atoms with E-state index in [-0.39, 0.29) is 18.1 Å². The van der Waals surface area contributed by atoms with Gasteiger partial charge in [0.15, 0.2) is 0 Å². The summed E-state index contributed by atoms with van der Waals surface area (Å²) in [5.74, 6) is -0.117. The number of amides is 1. The van der Waals surface area contributed by atoms with Crippen LogP contribution in [0.1, 0.15) is 48.4 Å². The Morgan fingerprint density at radius 2 is 1.54 bits per heavy atom. The van der Waals surface area contributed by atoms with E-state index in [1.807, 2.05) is 47.9 Å². The highest BCUT2D eigenvalue weighted by Crippen LogP contribution is 2.27. The van der Waals surface area contributed by atoms with E-state index < -0.39 is 0 Å². The van der Waals surface area contributed by atoms with Crippen molar-refractivity contribution in [2.45, 2.75) is 33.0 Å². The fraction of sp³-hybridized carbons (Fsp3) is 0.304. The standard InChI is InChI=1S/C23H28N4O/c1-4-26(5-2)18(3)25-23(28)21-16-24-17-27(21)22(19-12-8-6-9-13-19)20-14-10-7-11-15-20/h6-18,22H,4-5H2,1-3H3,(H,25,28). The van der Waals surface area contributed by atoms with Crippen molar-refractivity contribution in [3.05, 3.63) is 90.0 Å². The molecule has 0 fully saturated rings. The van der Waals surface area contributed by atoms with Crippen molar-refractivity contribution in [3.63, 3.8) is 0 Å². The number of imidazole rings is 1. The number of rotatable bonds is 8. The van der Waals surface area contributed by atoms with Gasteiger partial charge in [-0.1, -0.05) is 74.5 Å². The zero-order valence-electron chi connectivity index (χ0n) is 16.7. The largest absolute Gasteiger partial charge is 0.335 e. The summed E-state index contributed by atoms with van der Waals surface area (Å²) in [5, 5.41) is 3.11. The number of benzene rings is 2. The molecule has 0 aliphatic rings. The Morgan fingerprint density at radius 3 is 2.04 bits per heavy atom. The van der Waals surface area contributed by atoms with Gasteiger partial charge < -0.3 is 9.88 Å². The smallest absolute Gasteiger partial charge is 0.270 e. The fourth-order valence-electron chi connectivity index (χ4n) is 3.60. The number of nitrogens with zero attached hydrogens (tertiary/aromatic N) is 3. The van der Waals surface area contributed by atoms with Gasteiger partial charge in [-0.05, 0) is 31.1 Å². The van der Waals surface area contributed by atoms with Crippen LogP contribution >= 0.6 is 0 Å². The Morgan fingerprint density at radius 1 is 1.00 bits per heavy atom. The first-order valence-corrected chi connectivity index (χ1v) is 9.82. The monoisotopic (exact) mass is 376 g/mol. The van der Waals surface area contributed by atoms with E-state index in [1.165, 1.54) is 0 Å². The highest BCUT2D eigenvalue weighted by atomic mass is 16.2. The predicted octanol–water partition coefficient (Wildman–Crippen LogP) is 3.94. The summed E-state index contributed by atoms with van der Waals surface area (Å²) < 4.78 is 1.95. The molecule has 1 aromatic heterocycles. The van der Waals surface area contributed by atoms with Crippen LogP contribution in [0.4, 0.5) is 0 Å². The van der Waals surface area contributed by atoms with Gasteiger partial charge in [0, 0.05) is 0 Å². The number of nitrogens with one attached hydrogen (secondary N) is 1. The molecule has 0 bridgehead atoms. The van der Waals surface area contributed by atoms with E-state index in [0.29, 0.717) is 5.69 Å². The third-order valence-electron chi connectivity index (χ3n) is 5.11. The molecule has 1 amide bonds. The van der Waals surface area contributed by atoms with E-state index >= 15 is 0 Å². The molecular formula is C23H28N4O. The minimum absolute atomic E-state index is 0.0437. The lowest BCUT2D eigenvalue weighted by Crippen LogP contribution is -2.46. The highest BCUT2D eigenvalue weighted by molar-refractivity contribution is 5.92. The summed E-state index contributed by atoms with van der Waals surface area (Å²) in [6, 6.07) is 20.3. The van der Waals surface area contributed by atoms with Gasteiger partial charge in [-0.15, -0.1) is 0 Å². The zero-order chi connectivity index (χ0) is 19.9. The molecule has 0 spiro atoms. The molecule has 0 saturated carbocycles. The van der Waals surface area contributed by atoms with Crippen LogP contribution in [0.3, 0.4) is 0 Å². The third-order valence-corrected chi connectivity index (χ3v) is 5.11. The quantitative estimate of drug-likeness (QED) is 0.606. The van der Waals surface area contributed by atoms with Crippen molar-refractivity contribution in [1.82, 2.24) is 19.8 Å². The van der Waals surface area contributed by atoms with Crippen LogP contribution in [0.25, 0.3) is 0 Å². The summed E-state index contributed by atoms with van der Waals surface area (Å²) in [7, 11) is 0. The van der Waals surface area contributed by atoms with Crippen LogP contribution in [0.15, 0.2) is 73.2 Å². The summed E-state index contributed by atoms with van der Waals surface area (Å²) >= 11 is 0. The van der Waals surface area contributed by atoms with Gasteiger partial charge in [0.2, 0.25) is 0 Å². The Balaban J connectivity index is 1.96. The normalized spacial score (nSPS) is 12.3. The van der Waals surface area contributed by atoms with E-state index in [0.717, 1.165) is 24.2 Å². The van der Waals surface area contributed by atoms with E-state index in [1.54, 1.807) is 12.5 Å². The van der Waals surface area contributed by atoms with Crippen LogP contribution in [-0.2, 0) is 0 Å². The number of hydrogen-bond acceptors (Lipinski definition) is 3. The molecule has 5 heteroatoms. The lowest BCUT2D eigenvalue weighted by atomic mass is 9.98. The average molecular weight is 377 g/mol. The van der Waals surface area contributed by atoms with Gasteiger partial charge in [0.25, 0.3) is 5.91 Å². The number of carbonyl (C=O) groups excluding carboxylic acids is 1. The van der Waals surface area contributed by atoms with E-state index in [9.17, 15) is 4.79 Å². The molecule has 3 aromatic rings. The minimum Gasteiger partial charge on any atom is -0.335 e. The molecule has 0 saturated heterocycles. The molecule has 5 nitrogen and oxygen atoms in total. The van der Waals surface area contributed by atoms with Crippen molar-refractivity contribution in [2.24, 2.45) is 0 Å². The van der Waals surface area contributed by atoms with Gasteiger partial charge in [-0.3, -0.25) is 9.69 Å². The van der Waals surface area contributed by atoms with Crippen molar-refractivity contribution in [3.8, 4) is 0 Å². The van der Waals surface area contributed by atoms with Crippen LogP contribution < -0.4 is 5.32 Å². The second-order valence-electron chi connectivity index (χ2n) is 6.78. The first-order chi connectivity index (χ1) is 13.7. The molecule has 3 rings (SSSR count). The maximum absolute atomic E-state index is 13.0. The van der Waals surface area contributed by atoms with Gasteiger partial charge in [0.1, 0.15) is 5.69 Å². The summed E-state index contributed by atoms with van der Waals surface area (Å²) in [5.41, 5.74) is 2.77. The Hall–Kier alpha value is -2.92. The maximum atomic E-state index is 13.0. The van der Waals surface area contributed by atoms with Gasteiger partial charge in [-0.25, -0.2) is 4.98 Å². The van der Waals surface area contributed by atoms with Crippen molar-refractivity contribution < 1.29 is 4.79 Å². The van der Waals surface area contributed by atoms with Crippen molar-refractivity contribution >= 4 is 5.91 Å². The summed E-state index contributed by atoms with van der Waals surface area (Å²) in [6.07, 6.45) is 3.34. The molecule has 146 valence electrons. The number of hydrogen-bond donors (Lipinski definition) is 1. The van der Waals surface area contributed by atoms with Crippen LogP contribution in [0.2, 0.25) is 0 Å². The highest BCUT2D eigenvalue weighted by Gasteiger charge is 2.23. The molecule has 1 N–H and O–H groups in total. The lowest BCUT2D eigenvalue weighted by Gasteiger charge is -2.28. The van der Waals surface area contributed by atoms with Gasteiger partial charge in [-0.2, -0.15) is 0 Å². The van der Waals surface area contributed by atoms with Crippen LogP contribution in [0, 0.1) is 0 Å². The maximum Gasteiger partial charge on any atom is 0.270 e. The summed E-state index contributed by atoms with van der Waals surface area (Å²) in [6.45, 7) is 7.97. The summed E-state index contributed by atoms with van der Waals surface area (Å²) in [4.78, 5) is 19.5. The lowest BCUT2D eigenvalue weighted by molar-refractivity contribution is 0.0865. The second kappa shape index (κ2) is 9.33. The minimum atomic E-state index is -0.117. The molecule has 0 aliphatic heterocycles. The SMILES string of the molecule is CCN(CC)C(C)NC(=O)c1cncn1C(c1ccccc1)c1ccccc1. The fourth-order valence-corrected chi connectivity index (χ4v) is 3.60. The Kier molecular flexibility index (Phi) is 6.61. The molecule has 1 unspecified atom stereocenters.